The highest BCUT2D eigenvalue weighted by atomic mass is 19.1. The molecule has 1 amide bonds. The van der Waals surface area contributed by atoms with E-state index in [2.05, 4.69) is 43.4 Å². The number of hydrogen-bond acceptors (Lipinski definition) is 4. The SMILES string of the molecule is Cc1onc(C(=O)NC(C)c2ccc(C(C)(C)C)cc2)c1COc1ccccc1F. The summed E-state index contributed by atoms with van der Waals surface area (Å²) in [6.07, 6.45) is 0. The van der Waals surface area contributed by atoms with Crippen LogP contribution < -0.4 is 10.1 Å². The van der Waals surface area contributed by atoms with Crippen LogP contribution in [0.4, 0.5) is 4.39 Å². The molecule has 0 bridgehead atoms. The van der Waals surface area contributed by atoms with Crippen LogP contribution in [0, 0.1) is 12.7 Å². The smallest absolute Gasteiger partial charge is 0.274 e. The van der Waals surface area contributed by atoms with Gasteiger partial charge in [-0.05, 0) is 42.5 Å². The zero-order valence-electron chi connectivity index (χ0n) is 18.0. The molecule has 1 atom stereocenters. The molecule has 0 radical (unpaired) electrons. The molecule has 0 aliphatic rings. The second-order valence-corrected chi connectivity index (χ2v) is 8.35. The number of halogens is 1. The average Bonchev–Trinajstić information content (AvgIpc) is 3.07. The predicted octanol–water partition coefficient (Wildman–Crippen LogP) is 5.49. The Balaban J connectivity index is 1.70. The van der Waals surface area contributed by atoms with Crippen LogP contribution >= 0.6 is 0 Å². The van der Waals surface area contributed by atoms with E-state index in [0.717, 1.165) is 5.56 Å². The van der Waals surface area contributed by atoms with Crippen LogP contribution in [0.1, 0.15) is 66.7 Å². The molecule has 3 rings (SSSR count). The molecule has 0 aliphatic carbocycles. The number of aryl methyl sites for hydroxylation is 1. The second kappa shape index (κ2) is 8.69. The quantitative estimate of drug-likeness (QED) is 0.584. The highest BCUT2D eigenvalue weighted by Gasteiger charge is 2.23. The topological polar surface area (TPSA) is 64.4 Å². The van der Waals surface area contributed by atoms with E-state index in [1.165, 1.54) is 17.7 Å². The summed E-state index contributed by atoms with van der Waals surface area (Å²) in [5.74, 6) is -0.272. The van der Waals surface area contributed by atoms with Crippen LogP contribution in [0.25, 0.3) is 0 Å². The number of rotatable bonds is 6. The lowest BCUT2D eigenvalue weighted by Gasteiger charge is -2.20. The first-order valence-electron chi connectivity index (χ1n) is 9.90. The second-order valence-electron chi connectivity index (χ2n) is 8.35. The van der Waals surface area contributed by atoms with Gasteiger partial charge in [-0.2, -0.15) is 0 Å². The number of carbonyl (C=O) groups is 1. The highest BCUT2D eigenvalue weighted by molar-refractivity contribution is 5.94. The van der Waals surface area contributed by atoms with Crippen molar-refractivity contribution in [3.63, 3.8) is 0 Å². The van der Waals surface area contributed by atoms with Crippen LogP contribution in [0.2, 0.25) is 0 Å². The third-order valence-electron chi connectivity index (χ3n) is 5.03. The first-order valence-corrected chi connectivity index (χ1v) is 9.90. The minimum atomic E-state index is -0.468. The van der Waals surface area contributed by atoms with Crippen molar-refractivity contribution in [2.45, 2.75) is 52.7 Å². The van der Waals surface area contributed by atoms with Gasteiger partial charge in [-0.1, -0.05) is 62.3 Å². The number of hydrogen-bond donors (Lipinski definition) is 1. The highest BCUT2D eigenvalue weighted by Crippen LogP contribution is 2.25. The maximum atomic E-state index is 13.8. The average molecular weight is 410 g/mol. The fourth-order valence-corrected chi connectivity index (χ4v) is 3.07. The Bertz CT molecular complexity index is 1020. The summed E-state index contributed by atoms with van der Waals surface area (Å²) < 4.78 is 24.5. The third kappa shape index (κ3) is 4.87. The molecule has 6 heteroatoms. The Kier molecular flexibility index (Phi) is 6.25. The molecule has 3 aromatic rings. The Morgan fingerprint density at radius 2 is 1.83 bits per heavy atom. The number of carbonyl (C=O) groups excluding carboxylic acids is 1. The summed E-state index contributed by atoms with van der Waals surface area (Å²) in [7, 11) is 0. The summed E-state index contributed by atoms with van der Waals surface area (Å²) in [6, 6.07) is 14.1. The fraction of sp³-hybridized carbons (Fsp3) is 0.333. The van der Waals surface area contributed by atoms with Gasteiger partial charge in [0.25, 0.3) is 5.91 Å². The van der Waals surface area contributed by atoms with Crippen LogP contribution in [0.15, 0.2) is 53.1 Å². The van der Waals surface area contributed by atoms with Crippen LogP contribution in [-0.4, -0.2) is 11.1 Å². The van der Waals surface area contributed by atoms with Crippen LogP contribution in [0.3, 0.4) is 0 Å². The van der Waals surface area contributed by atoms with Crippen molar-refractivity contribution in [2.75, 3.05) is 0 Å². The summed E-state index contributed by atoms with van der Waals surface area (Å²) in [4.78, 5) is 12.8. The number of nitrogens with one attached hydrogen (secondary N) is 1. The number of nitrogens with zero attached hydrogens (tertiary/aromatic N) is 1. The van der Waals surface area contributed by atoms with Crippen LogP contribution in [0.5, 0.6) is 5.75 Å². The molecule has 0 saturated heterocycles. The molecule has 1 aromatic heterocycles. The minimum Gasteiger partial charge on any atom is -0.486 e. The molecular formula is C24H27FN2O3. The molecule has 30 heavy (non-hydrogen) atoms. The van der Waals surface area contributed by atoms with E-state index < -0.39 is 5.82 Å². The largest absolute Gasteiger partial charge is 0.486 e. The Morgan fingerprint density at radius 3 is 2.47 bits per heavy atom. The first kappa shape index (κ1) is 21.6. The van der Waals surface area contributed by atoms with E-state index in [1.54, 1.807) is 19.1 Å². The zero-order chi connectivity index (χ0) is 21.9. The number of para-hydroxylation sites is 1. The Morgan fingerprint density at radius 1 is 1.17 bits per heavy atom. The third-order valence-corrected chi connectivity index (χ3v) is 5.03. The Hall–Kier alpha value is -3.15. The fourth-order valence-electron chi connectivity index (χ4n) is 3.07. The molecule has 2 aromatic carbocycles. The lowest BCUT2D eigenvalue weighted by Crippen LogP contribution is -2.28. The van der Waals surface area contributed by atoms with E-state index >= 15 is 0 Å². The van der Waals surface area contributed by atoms with Crippen molar-refractivity contribution >= 4 is 5.91 Å². The minimum absolute atomic E-state index is 0.0202. The normalized spacial score (nSPS) is 12.5. The van der Waals surface area contributed by atoms with Gasteiger partial charge in [0.05, 0.1) is 11.6 Å². The summed E-state index contributed by atoms with van der Waals surface area (Å²) in [6.45, 7) is 10.1. The van der Waals surface area contributed by atoms with Crippen molar-refractivity contribution in [3.05, 3.63) is 82.5 Å². The summed E-state index contributed by atoms with van der Waals surface area (Å²) in [5.41, 5.74) is 2.91. The van der Waals surface area contributed by atoms with Crippen molar-refractivity contribution in [1.82, 2.24) is 10.5 Å². The van der Waals surface area contributed by atoms with Crippen molar-refractivity contribution in [1.29, 1.82) is 0 Å². The molecule has 1 N–H and O–H groups in total. The monoisotopic (exact) mass is 410 g/mol. The molecule has 1 heterocycles. The van der Waals surface area contributed by atoms with Gasteiger partial charge < -0.3 is 14.6 Å². The van der Waals surface area contributed by atoms with Gasteiger partial charge in [-0.25, -0.2) is 4.39 Å². The zero-order valence-corrected chi connectivity index (χ0v) is 18.0. The molecule has 0 saturated carbocycles. The maximum absolute atomic E-state index is 13.8. The van der Waals surface area contributed by atoms with Gasteiger partial charge in [0.15, 0.2) is 17.3 Å². The first-order chi connectivity index (χ1) is 14.2. The maximum Gasteiger partial charge on any atom is 0.274 e. The predicted molar refractivity (Wildman–Crippen MR) is 113 cm³/mol. The molecule has 0 spiro atoms. The molecule has 0 fully saturated rings. The standard InChI is InChI=1S/C24H27FN2O3/c1-15(17-10-12-18(13-11-17)24(3,4)5)26-23(28)22-19(16(2)30-27-22)14-29-21-9-7-6-8-20(21)25/h6-13,15H,14H2,1-5H3,(H,26,28). The van der Waals surface area contributed by atoms with E-state index in [-0.39, 0.29) is 35.4 Å². The van der Waals surface area contributed by atoms with E-state index in [0.29, 0.717) is 11.3 Å². The molecule has 5 nitrogen and oxygen atoms in total. The number of amides is 1. The van der Waals surface area contributed by atoms with Crippen molar-refractivity contribution in [2.24, 2.45) is 0 Å². The van der Waals surface area contributed by atoms with Gasteiger partial charge in [0, 0.05) is 0 Å². The number of aromatic nitrogens is 1. The molecular weight excluding hydrogens is 383 g/mol. The number of ether oxygens (including phenoxy) is 1. The van der Waals surface area contributed by atoms with E-state index in [9.17, 15) is 9.18 Å². The van der Waals surface area contributed by atoms with Crippen molar-refractivity contribution in [3.8, 4) is 5.75 Å². The van der Waals surface area contributed by atoms with Gasteiger partial charge in [0.1, 0.15) is 12.4 Å². The summed E-state index contributed by atoms with van der Waals surface area (Å²) in [5, 5.41) is 6.83. The molecule has 0 aliphatic heterocycles. The van der Waals surface area contributed by atoms with Gasteiger partial charge in [-0.15, -0.1) is 0 Å². The van der Waals surface area contributed by atoms with Crippen molar-refractivity contribution < 1.29 is 18.4 Å². The van der Waals surface area contributed by atoms with Gasteiger partial charge >= 0.3 is 0 Å². The van der Waals surface area contributed by atoms with E-state index in [4.69, 9.17) is 9.26 Å². The van der Waals surface area contributed by atoms with Crippen LogP contribution in [-0.2, 0) is 12.0 Å². The molecule has 1 unspecified atom stereocenters. The Labute approximate surface area is 176 Å². The van der Waals surface area contributed by atoms with Gasteiger partial charge in [-0.3, -0.25) is 4.79 Å². The van der Waals surface area contributed by atoms with Gasteiger partial charge in [0.2, 0.25) is 0 Å². The lowest BCUT2D eigenvalue weighted by atomic mass is 9.86. The summed E-state index contributed by atoms with van der Waals surface area (Å²) >= 11 is 0. The molecule has 158 valence electrons. The lowest BCUT2D eigenvalue weighted by molar-refractivity contribution is 0.0928. The van der Waals surface area contributed by atoms with E-state index in [1.807, 2.05) is 19.1 Å². The number of benzene rings is 2.